The first-order valence-electron chi connectivity index (χ1n) is 5.68. The predicted molar refractivity (Wildman–Crippen MR) is 71.1 cm³/mol. The zero-order valence-corrected chi connectivity index (χ0v) is 11.1. The predicted octanol–water partition coefficient (Wildman–Crippen LogP) is 3.22. The summed E-state index contributed by atoms with van der Waals surface area (Å²) in [5.41, 5.74) is 8.04. The van der Waals surface area contributed by atoms with Crippen molar-refractivity contribution in [1.82, 2.24) is 0 Å². The highest BCUT2D eigenvalue weighted by Crippen LogP contribution is 2.52. The average Bonchev–Trinajstić information content (AvgIpc) is 2.84. The number of carbonyl (C=O) groups is 1. The van der Waals surface area contributed by atoms with Crippen molar-refractivity contribution in [2.24, 2.45) is 11.3 Å². The molecule has 4 heteroatoms. The Balaban J connectivity index is 2.14. The zero-order valence-electron chi connectivity index (χ0n) is 10.3. The van der Waals surface area contributed by atoms with Crippen LogP contribution in [0, 0.1) is 18.3 Å². The maximum Gasteiger partial charge on any atom is 0.228 e. The van der Waals surface area contributed by atoms with E-state index in [4.69, 9.17) is 17.3 Å². The van der Waals surface area contributed by atoms with Crippen molar-refractivity contribution in [3.8, 4) is 0 Å². The number of hydrogen-bond donors (Lipinski definition) is 2. The van der Waals surface area contributed by atoms with Crippen molar-refractivity contribution < 1.29 is 4.79 Å². The Morgan fingerprint density at radius 3 is 2.65 bits per heavy atom. The minimum atomic E-state index is 0.0685. The SMILES string of the molecule is Cc1cc(N)c(Cl)cc1NC(=O)C1CC1(C)C. The number of carbonyl (C=O) groups excluding carboxylic acids is 1. The number of aryl methyl sites for hydroxylation is 1. The van der Waals surface area contributed by atoms with Gasteiger partial charge in [0.15, 0.2) is 0 Å². The summed E-state index contributed by atoms with van der Waals surface area (Å²) in [5, 5.41) is 3.39. The number of hydrogen-bond acceptors (Lipinski definition) is 2. The number of benzene rings is 1. The van der Waals surface area contributed by atoms with Crippen LogP contribution in [0.15, 0.2) is 12.1 Å². The van der Waals surface area contributed by atoms with Crippen LogP contribution in [0.25, 0.3) is 0 Å². The van der Waals surface area contributed by atoms with Gasteiger partial charge in [-0.3, -0.25) is 4.79 Å². The maximum atomic E-state index is 12.0. The fourth-order valence-electron chi connectivity index (χ4n) is 1.97. The average molecular weight is 253 g/mol. The largest absolute Gasteiger partial charge is 0.398 e. The number of nitrogens with one attached hydrogen (secondary N) is 1. The van der Waals surface area contributed by atoms with Crippen molar-refractivity contribution in [2.45, 2.75) is 27.2 Å². The third kappa shape index (κ3) is 2.39. The van der Waals surface area contributed by atoms with Gasteiger partial charge in [0.05, 0.1) is 10.7 Å². The first kappa shape index (κ1) is 12.2. The molecule has 0 spiro atoms. The summed E-state index contributed by atoms with van der Waals surface area (Å²) in [7, 11) is 0. The van der Waals surface area contributed by atoms with Crippen molar-refractivity contribution in [2.75, 3.05) is 11.1 Å². The lowest BCUT2D eigenvalue weighted by atomic mass is 10.1. The fraction of sp³-hybridized carbons (Fsp3) is 0.462. The molecular formula is C13H17ClN2O. The number of amides is 1. The summed E-state index contributed by atoms with van der Waals surface area (Å²) in [6.45, 7) is 6.10. The van der Waals surface area contributed by atoms with E-state index in [9.17, 15) is 4.79 Å². The van der Waals surface area contributed by atoms with Crippen LogP contribution >= 0.6 is 11.6 Å². The van der Waals surface area contributed by atoms with Gasteiger partial charge in [-0.15, -0.1) is 0 Å². The van der Waals surface area contributed by atoms with Gasteiger partial charge in [-0.25, -0.2) is 0 Å². The van der Waals surface area contributed by atoms with Crippen molar-refractivity contribution in [1.29, 1.82) is 0 Å². The minimum Gasteiger partial charge on any atom is -0.398 e. The van der Waals surface area contributed by atoms with Crippen LogP contribution in [0.5, 0.6) is 0 Å². The number of rotatable bonds is 2. The monoisotopic (exact) mass is 252 g/mol. The highest BCUT2D eigenvalue weighted by Gasteiger charge is 2.50. The number of nitrogens with two attached hydrogens (primary N) is 1. The van der Waals surface area contributed by atoms with Crippen LogP contribution in [0.3, 0.4) is 0 Å². The lowest BCUT2D eigenvalue weighted by Crippen LogP contribution is -2.17. The second kappa shape index (κ2) is 3.91. The molecule has 0 aliphatic heterocycles. The quantitative estimate of drug-likeness (QED) is 0.794. The minimum absolute atomic E-state index is 0.0685. The molecule has 0 saturated heterocycles. The molecule has 2 rings (SSSR count). The zero-order chi connectivity index (χ0) is 12.8. The van der Waals surface area contributed by atoms with E-state index in [0.29, 0.717) is 10.7 Å². The van der Waals surface area contributed by atoms with Gasteiger partial charge in [-0.05, 0) is 36.5 Å². The number of halogens is 1. The highest BCUT2D eigenvalue weighted by atomic mass is 35.5. The molecule has 1 unspecified atom stereocenters. The van der Waals surface area contributed by atoms with Crippen molar-refractivity contribution in [3.05, 3.63) is 22.7 Å². The fourth-order valence-corrected chi connectivity index (χ4v) is 2.14. The summed E-state index contributed by atoms with van der Waals surface area (Å²) < 4.78 is 0. The van der Waals surface area contributed by atoms with E-state index < -0.39 is 0 Å². The Hall–Kier alpha value is -1.22. The second-order valence-corrected chi connectivity index (χ2v) is 5.83. The van der Waals surface area contributed by atoms with Gasteiger partial charge in [-0.1, -0.05) is 25.4 Å². The molecule has 1 aromatic carbocycles. The molecule has 1 aromatic rings. The van der Waals surface area contributed by atoms with E-state index in [-0.39, 0.29) is 17.2 Å². The molecule has 3 nitrogen and oxygen atoms in total. The Bertz CT molecular complexity index is 483. The number of nitrogen functional groups attached to an aromatic ring is 1. The first-order chi connectivity index (χ1) is 7.81. The molecule has 0 bridgehead atoms. The molecule has 92 valence electrons. The topological polar surface area (TPSA) is 55.1 Å². The molecule has 1 amide bonds. The molecule has 1 fully saturated rings. The number of anilines is 2. The van der Waals surface area contributed by atoms with Crippen LogP contribution < -0.4 is 11.1 Å². The molecule has 0 heterocycles. The molecule has 0 aromatic heterocycles. The first-order valence-corrected chi connectivity index (χ1v) is 6.05. The van der Waals surface area contributed by atoms with Gasteiger partial charge < -0.3 is 11.1 Å². The Morgan fingerprint density at radius 2 is 2.12 bits per heavy atom. The lowest BCUT2D eigenvalue weighted by molar-refractivity contribution is -0.118. The van der Waals surface area contributed by atoms with Crippen molar-refractivity contribution >= 4 is 28.9 Å². The van der Waals surface area contributed by atoms with Gasteiger partial charge in [-0.2, -0.15) is 0 Å². The van der Waals surface area contributed by atoms with E-state index in [0.717, 1.165) is 17.7 Å². The van der Waals surface area contributed by atoms with Crippen LogP contribution in [-0.4, -0.2) is 5.91 Å². The van der Waals surface area contributed by atoms with Gasteiger partial charge in [0, 0.05) is 11.6 Å². The summed E-state index contributed by atoms with van der Waals surface area (Å²) >= 11 is 5.94. The van der Waals surface area contributed by atoms with E-state index in [1.54, 1.807) is 12.1 Å². The third-order valence-corrected chi connectivity index (χ3v) is 3.76. The van der Waals surface area contributed by atoms with E-state index in [2.05, 4.69) is 19.2 Å². The molecule has 17 heavy (non-hydrogen) atoms. The molecule has 3 N–H and O–H groups in total. The van der Waals surface area contributed by atoms with Gasteiger partial charge in [0.1, 0.15) is 0 Å². The molecule has 1 aliphatic carbocycles. The lowest BCUT2D eigenvalue weighted by Gasteiger charge is -2.11. The second-order valence-electron chi connectivity index (χ2n) is 5.42. The molecule has 1 saturated carbocycles. The maximum absolute atomic E-state index is 12.0. The molecule has 1 atom stereocenters. The normalized spacial score (nSPS) is 21.1. The standard InChI is InChI=1S/C13H17ClN2O/c1-7-4-10(15)9(14)5-11(7)16-12(17)8-6-13(8,2)3/h4-5,8H,6,15H2,1-3H3,(H,16,17). The van der Waals surface area contributed by atoms with Gasteiger partial charge in [0.25, 0.3) is 0 Å². The summed E-state index contributed by atoms with van der Waals surface area (Å²) in [5.74, 6) is 0.178. The molecule has 0 radical (unpaired) electrons. The van der Waals surface area contributed by atoms with E-state index >= 15 is 0 Å². The smallest absolute Gasteiger partial charge is 0.228 e. The third-order valence-electron chi connectivity index (χ3n) is 3.43. The molecular weight excluding hydrogens is 236 g/mol. The van der Waals surface area contributed by atoms with Gasteiger partial charge in [0.2, 0.25) is 5.91 Å². The summed E-state index contributed by atoms with van der Waals surface area (Å²) in [6, 6.07) is 3.48. The van der Waals surface area contributed by atoms with Crippen molar-refractivity contribution in [3.63, 3.8) is 0 Å². The van der Waals surface area contributed by atoms with Gasteiger partial charge >= 0.3 is 0 Å². The highest BCUT2D eigenvalue weighted by molar-refractivity contribution is 6.33. The van der Waals surface area contributed by atoms with Crippen LogP contribution in [0.4, 0.5) is 11.4 Å². The summed E-state index contributed by atoms with van der Waals surface area (Å²) in [6.07, 6.45) is 0.945. The Labute approximate surface area is 106 Å². The Kier molecular flexibility index (Phi) is 2.82. The summed E-state index contributed by atoms with van der Waals surface area (Å²) in [4.78, 5) is 12.0. The Morgan fingerprint density at radius 1 is 1.53 bits per heavy atom. The van der Waals surface area contributed by atoms with E-state index in [1.807, 2.05) is 6.92 Å². The van der Waals surface area contributed by atoms with E-state index in [1.165, 1.54) is 0 Å². The van der Waals surface area contributed by atoms with Crippen LogP contribution in [0.1, 0.15) is 25.8 Å². The molecule has 1 aliphatic rings. The van der Waals surface area contributed by atoms with Crippen LogP contribution in [0.2, 0.25) is 5.02 Å². The van der Waals surface area contributed by atoms with Crippen LogP contribution in [-0.2, 0) is 4.79 Å².